The van der Waals surface area contributed by atoms with E-state index >= 15 is 0 Å². The molecule has 4 rings (SSSR count). The molecule has 0 atom stereocenters. The van der Waals surface area contributed by atoms with E-state index in [-0.39, 0.29) is 11.3 Å². The molecule has 1 amide bonds. The molecule has 0 aliphatic carbocycles. The van der Waals surface area contributed by atoms with Crippen LogP contribution in [0.5, 0.6) is 0 Å². The van der Waals surface area contributed by atoms with Gasteiger partial charge in [0.15, 0.2) is 0 Å². The molecule has 4 aromatic rings. The summed E-state index contributed by atoms with van der Waals surface area (Å²) in [6.45, 7) is 6.52. The van der Waals surface area contributed by atoms with Crippen LogP contribution in [0.1, 0.15) is 46.6 Å². The van der Waals surface area contributed by atoms with Crippen LogP contribution in [0.3, 0.4) is 0 Å². The summed E-state index contributed by atoms with van der Waals surface area (Å²) in [4.78, 5) is 18.1. The number of nitriles is 1. The molecule has 0 aliphatic heterocycles. The molecule has 0 fully saturated rings. The summed E-state index contributed by atoms with van der Waals surface area (Å²) >= 11 is 2.69. The second-order valence-corrected chi connectivity index (χ2v) is 10.5. The van der Waals surface area contributed by atoms with Crippen molar-refractivity contribution in [3.63, 3.8) is 0 Å². The zero-order valence-corrected chi connectivity index (χ0v) is 20.3. The number of anilines is 1. The Morgan fingerprint density at radius 1 is 1.03 bits per heavy atom. The topological polar surface area (TPSA) is 65.8 Å². The van der Waals surface area contributed by atoms with Crippen LogP contribution in [0, 0.1) is 11.3 Å². The maximum Gasteiger partial charge on any atom is 0.266 e. The minimum atomic E-state index is -0.183. The Morgan fingerprint density at radius 3 is 2.36 bits per heavy atom. The number of benzene rings is 2. The van der Waals surface area contributed by atoms with Crippen molar-refractivity contribution in [2.45, 2.75) is 26.2 Å². The van der Waals surface area contributed by atoms with Gasteiger partial charge in [-0.2, -0.15) is 5.26 Å². The number of carbonyl (C=O) groups excluding carboxylic acids is 1. The van der Waals surface area contributed by atoms with Gasteiger partial charge in [0.1, 0.15) is 21.8 Å². The highest BCUT2D eigenvalue weighted by molar-refractivity contribution is 7.18. The Kier molecular flexibility index (Phi) is 6.55. The average molecular weight is 470 g/mol. The van der Waals surface area contributed by atoms with E-state index < -0.39 is 0 Å². The van der Waals surface area contributed by atoms with Gasteiger partial charge in [0.2, 0.25) is 0 Å². The molecule has 0 unspecified atom stereocenters. The first-order valence-corrected chi connectivity index (χ1v) is 12.2. The molecule has 33 heavy (non-hydrogen) atoms. The molecule has 1 N–H and O–H groups in total. The summed E-state index contributed by atoms with van der Waals surface area (Å²) in [6.07, 6.45) is 1.84. The molecule has 2 heterocycles. The molecule has 4 nitrogen and oxygen atoms in total. The molecule has 0 saturated heterocycles. The number of rotatable bonds is 5. The van der Waals surface area contributed by atoms with Gasteiger partial charge in [-0.25, -0.2) is 4.98 Å². The smallest absolute Gasteiger partial charge is 0.266 e. The van der Waals surface area contributed by atoms with Crippen molar-refractivity contribution in [3.05, 3.63) is 93.1 Å². The quantitative estimate of drug-likeness (QED) is 0.308. The van der Waals surface area contributed by atoms with Crippen LogP contribution in [0.15, 0.2) is 72.1 Å². The van der Waals surface area contributed by atoms with Gasteiger partial charge in [-0.3, -0.25) is 4.79 Å². The predicted octanol–water partition coefficient (Wildman–Crippen LogP) is 7.49. The number of allylic oxidation sites excluding steroid dienone is 1. The van der Waals surface area contributed by atoms with Crippen molar-refractivity contribution in [2.24, 2.45) is 0 Å². The Balaban J connectivity index is 1.72. The molecule has 0 radical (unpaired) electrons. The normalized spacial score (nSPS) is 11.8. The lowest BCUT2D eigenvalue weighted by molar-refractivity contribution is 0.103. The van der Waals surface area contributed by atoms with Crippen molar-refractivity contribution in [3.8, 4) is 17.3 Å². The van der Waals surface area contributed by atoms with E-state index in [1.165, 1.54) is 28.2 Å². The summed E-state index contributed by atoms with van der Waals surface area (Å²) in [5, 5.41) is 15.9. The Bertz CT molecular complexity index is 1320. The lowest BCUT2D eigenvalue weighted by atomic mass is 9.86. The lowest BCUT2D eigenvalue weighted by Gasteiger charge is -2.18. The number of thiazole rings is 1. The Morgan fingerprint density at radius 2 is 1.76 bits per heavy atom. The zero-order valence-electron chi connectivity index (χ0n) is 18.6. The van der Waals surface area contributed by atoms with Gasteiger partial charge in [0.25, 0.3) is 5.91 Å². The van der Waals surface area contributed by atoms with Crippen LogP contribution < -0.4 is 5.32 Å². The van der Waals surface area contributed by atoms with Crippen LogP contribution in [0.2, 0.25) is 0 Å². The molecule has 2 aromatic carbocycles. The standard InChI is InChI=1S/C27H23N3OS2/c1-27(2,3)21-13-11-18(12-14-21)16-20(17-28)25-29-23(19-8-5-4-6-9-19)26(33-25)30-24(31)22-10-7-15-32-22/h4-16H,1-3H3,(H,30,31)/b20-16+. The van der Waals surface area contributed by atoms with Crippen LogP contribution in [-0.2, 0) is 5.41 Å². The van der Waals surface area contributed by atoms with Gasteiger partial charge in [-0.05, 0) is 34.1 Å². The second-order valence-electron chi connectivity index (χ2n) is 8.54. The van der Waals surface area contributed by atoms with E-state index in [9.17, 15) is 10.1 Å². The van der Waals surface area contributed by atoms with Gasteiger partial charge in [-0.1, -0.05) is 92.8 Å². The fourth-order valence-electron chi connectivity index (χ4n) is 3.27. The number of nitrogens with one attached hydrogen (secondary N) is 1. The highest BCUT2D eigenvalue weighted by atomic mass is 32.1. The molecule has 0 saturated carbocycles. The van der Waals surface area contributed by atoms with Crippen molar-refractivity contribution in [2.75, 3.05) is 5.32 Å². The van der Waals surface area contributed by atoms with Crippen molar-refractivity contribution < 1.29 is 4.79 Å². The summed E-state index contributed by atoms with van der Waals surface area (Å²) in [5.74, 6) is -0.183. The van der Waals surface area contributed by atoms with Gasteiger partial charge in [-0.15, -0.1) is 11.3 Å². The number of hydrogen-bond acceptors (Lipinski definition) is 5. The zero-order chi connectivity index (χ0) is 23.4. The van der Waals surface area contributed by atoms with E-state index in [0.717, 1.165) is 11.1 Å². The third-order valence-electron chi connectivity index (χ3n) is 5.08. The summed E-state index contributed by atoms with van der Waals surface area (Å²) in [7, 11) is 0. The van der Waals surface area contributed by atoms with Crippen LogP contribution >= 0.6 is 22.7 Å². The van der Waals surface area contributed by atoms with Gasteiger partial charge < -0.3 is 5.32 Å². The first-order valence-electron chi connectivity index (χ1n) is 10.5. The molecule has 6 heteroatoms. The number of amides is 1. The van der Waals surface area contributed by atoms with Crippen molar-refractivity contribution in [1.82, 2.24) is 4.98 Å². The summed E-state index contributed by atoms with van der Waals surface area (Å²) < 4.78 is 0. The maximum absolute atomic E-state index is 12.7. The SMILES string of the molecule is CC(C)(C)c1ccc(/C=C(\C#N)c2nc(-c3ccccc3)c(NC(=O)c3cccs3)s2)cc1. The molecular formula is C27H23N3OS2. The van der Waals surface area contributed by atoms with E-state index in [0.29, 0.717) is 26.2 Å². The highest BCUT2D eigenvalue weighted by Gasteiger charge is 2.19. The molecule has 2 aromatic heterocycles. The third kappa shape index (κ3) is 5.28. The van der Waals surface area contributed by atoms with Crippen molar-refractivity contribution in [1.29, 1.82) is 5.26 Å². The Labute approximate surface area is 201 Å². The molecular weight excluding hydrogens is 446 g/mol. The van der Waals surface area contributed by atoms with E-state index in [1.54, 1.807) is 6.07 Å². The molecule has 0 spiro atoms. The number of thiophene rings is 1. The molecule has 0 bridgehead atoms. The minimum absolute atomic E-state index is 0.0653. The number of carbonyl (C=O) groups is 1. The monoisotopic (exact) mass is 469 g/mol. The summed E-state index contributed by atoms with van der Waals surface area (Å²) in [5.41, 5.74) is 4.23. The van der Waals surface area contributed by atoms with E-state index in [4.69, 9.17) is 4.98 Å². The highest BCUT2D eigenvalue weighted by Crippen LogP contribution is 2.37. The second kappa shape index (κ2) is 9.53. The number of hydrogen-bond donors (Lipinski definition) is 1. The first-order chi connectivity index (χ1) is 15.8. The average Bonchev–Trinajstić information content (AvgIpc) is 3.48. The Hall–Kier alpha value is -3.53. The number of nitrogens with zero attached hydrogens (tertiary/aromatic N) is 2. The maximum atomic E-state index is 12.7. The first kappa shape index (κ1) is 22.7. The van der Waals surface area contributed by atoms with Crippen molar-refractivity contribution >= 4 is 45.2 Å². The van der Waals surface area contributed by atoms with Crippen LogP contribution in [-0.4, -0.2) is 10.9 Å². The lowest BCUT2D eigenvalue weighted by Crippen LogP contribution is -2.10. The predicted molar refractivity (Wildman–Crippen MR) is 138 cm³/mol. The number of aromatic nitrogens is 1. The molecule has 0 aliphatic rings. The largest absolute Gasteiger partial charge is 0.311 e. The van der Waals surface area contributed by atoms with Gasteiger partial charge >= 0.3 is 0 Å². The minimum Gasteiger partial charge on any atom is -0.311 e. The fourth-order valence-corrected chi connectivity index (χ4v) is 4.84. The molecule has 164 valence electrons. The van der Waals surface area contributed by atoms with Gasteiger partial charge in [0, 0.05) is 5.56 Å². The van der Waals surface area contributed by atoms with Crippen LogP contribution in [0.25, 0.3) is 22.9 Å². The van der Waals surface area contributed by atoms with Crippen LogP contribution in [0.4, 0.5) is 5.00 Å². The summed E-state index contributed by atoms with van der Waals surface area (Å²) in [6, 6.07) is 23.8. The van der Waals surface area contributed by atoms with Gasteiger partial charge in [0.05, 0.1) is 10.5 Å². The van der Waals surface area contributed by atoms with E-state index in [1.807, 2.05) is 60.0 Å². The van der Waals surface area contributed by atoms with E-state index in [2.05, 4.69) is 44.3 Å². The third-order valence-corrected chi connectivity index (χ3v) is 6.96. The fraction of sp³-hybridized carbons (Fsp3) is 0.148.